The minimum absolute atomic E-state index is 0.197. The third-order valence-electron chi connectivity index (χ3n) is 8.27. The molecule has 3 N–H and O–H groups in total. The van der Waals surface area contributed by atoms with Crippen LogP contribution < -0.4 is 9.47 Å². The molecule has 3 rings (SSSR count). The molecule has 1 atom stereocenters. The monoisotopic (exact) mass is 614 g/mol. The van der Waals surface area contributed by atoms with Crippen LogP contribution in [0.15, 0.2) is 78.9 Å². The van der Waals surface area contributed by atoms with E-state index in [2.05, 4.69) is 63.4 Å². The molecule has 0 aromatic heterocycles. The number of aliphatic hydroxyl groups excluding tert-OH is 3. The zero-order chi connectivity index (χ0) is 33.1. The van der Waals surface area contributed by atoms with E-state index in [0.29, 0.717) is 41.0 Å². The molecule has 0 spiro atoms. The van der Waals surface area contributed by atoms with Crippen LogP contribution in [-0.2, 0) is 24.1 Å². The van der Waals surface area contributed by atoms with Gasteiger partial charge < -0.3 is 24.8 Å². The Morgan fingerprint density at radius 3 is 2.09 bits per heavy atom. The topological polar surface area (TPSA) is 96.2 Å². The van der Waals surface area contributed by atoms with Crippen LogP contribution in [0.5, 0.6) is 11.5 Å². The molecule has 0 aliphatic heterocycles. The number of unbranched alkanes of at least 4 members (excludes halogenated alkanes) is 2. The molecule has 45 heavy (non-hydrogen) atoms. The number of hydrogen-bond acceptors (Lipinski definition) is 6. The second-order valence-corrected chi connectivity index (χ2v) is 12.4. The third-order valence-corrected chi connectivity index (χ3v) is 8.27. The lowest BCUT2D eigenvalue weighted by Gasteiger charge is -2.26. The molecule has 3 aromatic carbocycles. The molecule has 0 saturated heterocycles. The van der Waals surface area contributed by atoms with Gasteiger partial charge >= 0.3 is 5.97 Å². The quantitative estimate of drug-likeness (QED) is 0.0356. The van der Waals surface area contributed by atoms with Crippen LogP contribution in [0.2, 0.25) is 0 Å². The van der Waals surface area contributed by atoms with Crippen molar-refractivity contribution in [1.82, 2.24) is 0 Å². The highest BCUT2D eigenvalue weighted by Crippen LogP contribution is 2.40. The van der Waals surface area contributed by atoms with Crippen LogP contribution in [0.25, 0.3) is 22.3 Å². The summed E-state index contributed by atoms with van der Waals surface area (Å²) in [5.74, 6) is 0.172. The number of aryl methyl sites for hydroxylation is 3. The van der Waals surface area contributed by atoms with Gasteiger partial charge in [-0.2, -0.15) is 0 Å². The van der Waals surface area contributed by atoms with Gasteiger partial charge in [0.25, 0.3) is 0 Å². The number of esters is 1. The van der Waals surface area contributed by atoms with E-state index in [1.54, 1.807) is 32.9 Å². The molecular weight excluding hydrogens is 564 g/mol. The van der Waals surface area contributed by atoms with Crippen molar-refractivity contribution in [1.29, 1.82) is 0 Å². The van der Waals surface area contributed by atoms with Crippen molar-refractivity contribution in [3.8, 4) is 33.8 Å². The SMILES string of the molecule is C=C(C)C(=O)Oc1cc(CCC(C)(CO)CO)c(OC(O)C(=C)C)cc1-c1ccc(-c2ccc(CCCCC)cc2)c(CC)c1. The van der Waals surface area contributed by atoms with Crippen LogP contribution in [0.3, 0.4) is 0 Å². The van der Waals surface area contributed by atoms with Gasteiger partial charge in [-0.25, -0.2) is 4.79 Å². The summed E-state index contributed by atoms with van der Waals surface area (Å²) in [6.07, 6.45) is 5.08. The predicted molar refractivity (Wildman–Crippen MR) is 182 cm³/mol. The first-order valence-corrected chi connectivity index (χ1v) is 15.9. The predicted octanol–water partition coefficient (Wildman–Crippen LogP) is 7.99. The van der Waals surface area contributed by atoms with Crippen LogP contribution >= 0.6 is 0 Å². The van der Waals surface area contributed by atoms with Gasteiger partial charge in [0.15, 0.2) is 0 Å². The van der Waals surface area contributed by atoms with E-state index < -0.39 is 17.7 Å². The Bertz CT molecular complexity index is 1470. The molecule has 0 bridgehead atoms. The molecule has 0 aliphatic carbocycles. The Kier molecular flexibility index (Phi) is 13.2. The number of ether oxygens (including phenoxy) is 2. The Hall–Kier alpha value is -3.71. The molecule has 0 aliphatic rings. The van der Waals surface area contributed by atoms with Gasteiger partial charge in [0.1, 0.15) is 11.5 Å². The van der Waals surface area contributed by atoms with E-state index >= 15 is 0 Å². The fourth-order valence-electron chi connectivity index (χ4n) is 5.04. The minimum atomic E-state index is -1.25. The van der Waals surface area contributed by atoms with E-state index in [4.69, 9.17) is 9.47 Å². The summed E-state index contributed by atoms with van der Waals surface area (Å²) in [6.45, 7) is 16.6. The lowest BCUT2D eigenvalue weighted by atomic mass is 9.85. The average molecular weight is 615 g/mol. The maximum absolute atomic E-state index is 12.8. The summed E-state index contributed by atoms with van der Waals surface area (Å²) >= 11 is 0. The maximum Gasteiger partial charge on any atom is 0.338 e. The molecule has 0 saturated carbocycles. The molecular formula is C39H50O6. The lowest BCUT2D eigenvalue weighted by Crippen LogP contribution is -2.26. The first kappa shape index (κ1) is 35.8. The van der Waals surface area contributed by atoms with Gasteiger partial charge in [-0.15, -0.1) is 0 Å². The number of hydrogen-bond donors (Lipinski definition) is 3. The Balaban J connectivity index is 2.12. The van der Waals surface area contributed by atoms with Crippen LogP contribution in [0.4, 0.5) is 0 Å². The van der Waals surface area contributed by atoms with E-state index in [-0.39, 0.29) is 18.8 Å². The number of carbonyl (C=O) groups excluding carboxylic acids is 1. The smallest absolute Gasteiger partial charge is 0.338 e. The van der Waals surface area contributed by atoms with Crippen molar-refractivity contribution in [2.45, 2.75) is 85.9 Å². The zero-order valence-corrected chi connectivity index (χ0v) is 27.6. The average Bonchev–Trinajstić information content (AvgIpc) is 3.04. The first-order chi connectivity index (χ1) is 21.4. The second kappa shape index (κ2) is 16.6. The summed E-state index contributed by atoms with van der Waals surface area (Å²) in [6, 6.07) is 18.5. The number of carbonyl (C=O) groups is 1. The Labute approximate surface area is 269 Å². The number of aliphatic hydroxyl groups is 3. The maximum atomic E-state index is 12.8. The molecule has 6 heteroatoms. The highest BCUT2D eigenvalue weighted by atomic mass is 16.6. The normalized spacial score (nSPS) is 12.1. The molecule has 0 amide bonds. The van der Waals surface area contributed by atoms with Gasteiger partial charge in [-0.1, -0.05) is 89.2 Å². The third kappa shape index (κ3) is 9.64. The van der Waals surface area contributed by atoms with Crippen molar-refractivity contribution >= 4 is 5.97 Å². The van der Waals surface area contributed by atoms with Crippen molar-refractivity contribution in [3.63, 3.8) is 0 Å². The van der Waals surface area contributed by atoms with Gasteiger partial charge in [0.05, 0.1) is 13.2 Å². The van der Waals surface area contributed by atoms with Crippen LogP contribution in [-0.4, -0.2) is 40.8 Å². The molecule has 3 aromatic rings. The standard InChI is InChI=1S/C39H50O6/c1-8-10-11-12-28-13-15-30(16-14-28)33-18-17-31(21-29(33)9-2)34-23-35(44-37(42)26(3)4)32(19-20-39(7,24-40)25-41)22-36(34)45-38(43)27(5)6/h13-18,21-23,37,40-42H,3,5,8-12,19-20,24-25H2,1-2,4,6-7H3. The van der Waals surface area contributed by atoms with Gasteiger partial charge in [0, 0.05) is 16.6 Å². The fourth-order valence-corrected chi connectivity index (χ4v) is 5.04. The molecule has 242 valence electrons. The Morgan fingerprint density at radius 1 is 0.844 bits per heavy atom. The van der Waals surface area contributed by atoms with Crippen LogP contribution in [0, 0.1) is 5.41 Å². The first-order valence-electron chi connectivity index (χ1n) is 15.9. The largest absolute Gasteiger partial charge is 0.461 e. The summed E-state index contributed by atoms with van der Waals surface area (Å²) in [5, 5.41) is 30.3. The highest BCUT2D eigenvalue weighted by Gasteiger charge is 2.25. The van der Waals surface area contributed by atoms with Crippen molar-refractivity contribution in [2.75, 3.05) is 13.2 Å². The number of rotatable bonds is 17. The molecule has 6 nitrogen and oxygen atoms in total. The van der Waals surface area contributed by atoms with Gasteiger partial charge in [-0.3, -0.25) is 0 Å². The van der Waals surface area contributed by atoms with E-state index in [9.17, 15) is 20.1 Å². The number of benzene rings is 3. The Morgan fingerprint density at radius 2 is 1.51 bits per heavy atom. The van der Waals surface area contributed by atoms with E-state index in [0.717, 1.165) is 35.1 Å². The van der Waals surface area contributed by atoms with E-state index in [1.807, 2.05) is 6.07 Å². The summed E-state index contributed by atoms with van der Waals surface area (Å²) in [5.41, 5.74) is 6.84. The van der Waals surface area contributed by atoms with E-state index in [1.165, 1.54) is 24.8 Å². The highest BCUT2D eigenvalue weighted by molar-refractivity contribution is 5.90. The summed E-state index contributed by atoms with van der Waals surface area (Å²) < 4.78 is 11.8. The van der Waals surface area contributed by atoms with Crippen LogP contribution in [0.1, 0.15) is 77.0 Å². The lowest BCUT2D eigenvalue weighted by molar-refractivity contribution is -0.130. The van der Waals surface area contributed by atoms with Crippen molar-refractivity contribution in [3.05, 3.63) is 95.6 Å². The molecule has 0 radical (unpaired) electrons. The second-order valence-electron chi connectivity index (χ2n) is 12.4. The zero-order valence-electron chi connectivity index (χ0n) is 27.6. The van der Waals surface area contributed by atoms with Crippen molar-refractivity contribution in [2.24, 2.45) is 5.41 Å². The minimum Gasteiger partial charge on any atom is -0.461 e. The molecule has 0 fully saturated rings. The van der Waals surface area contributed by atoms with Gasteiger partial charge in [0.2, 0.25) is 6.29 Å². The summed E-state index contributed by atoms with van der Waals surface area (Å²) in [4.78, 5) is 12.8. The molecule has 0 heterocycles. The summed E-state index contributed by atoms with van der Waals surface area (Å²) in [7, 11) is 0. The molecule has 1 unspecified atom stereocenters. The van der Waals surface area contributed by atoms with Crippen molar-refractivity contribution < 1.29 is 29.6 Å². The fraction of sp³-hybridized carbons (Fsp3) is 0.410. The van der Waals surface area contributed by atoms with Gasteiger partial charge in [-0.05, 0) is 97.0 Å².